The molecule has 0 aliphatic carbocycles. The summed E-state index contributed by atoms with van der Waals surface area (Å²) in [5.41, 5.74) is 0. The third-order valence-corrected chi connectivity index (χ3v) is 1.72. The Morgan fingerprint density at radius 3 is 1.82 bits per heavy atom. The van der Waals surface area contributed by atoms with Gasteiger partial charge in [0, 0.05) is 0 Å². The Labute approximate surface area is 79.2 Å². The molecular formula is C8H22ClNSi. The minimum atomic E-state index is 0.778. The predicted molar refractivity (Wildman–Crippen MR) is 58.5 cm³/mol. The van der Waals surface area contributed by atoms with Crippen LogP contribution in [0.5, 0.6) is 0 Å². The molecule has 0 aliphatic heterocycles. The summed E-state index contributed by atoms with van der Waals surface area (Å²) in [7, 11) is 0.778. The largest absolute Gasteiger partial charge is 0.304 e. The van der Waals surface area contributed by atoms with E-state index in [1.165, 1.54) is 32.5 Å². The van der Waals surface area contributed by atoms with Crippen LogP contribution in [0.4, 0.5) is 0 Å². The second-order valence-electron chi connectivity index (χ2n) is 2.38. The molecule has 0 aromatic carbocycles. The van der Waals surface area contributed by atoms with Crippen molar-refractivity contribution in [1.29, 1.82) is 0 Å². The number of halogens is 1. The molecule has 11 heavy (non-hydrogen) atoms. The van der Waals surface area contributed by atoms with Crippen LogP contribution in [-0.2, 0) is 0 Å². The smallest absolute Gasteiger partial charge is 0.109 e. The van der Waals surface area contributed by atoms with Gasteiger partial charge in [-0.15, -0.1) is 0 Å². The summed E-state index contributed by atoms with van der Waals surface area (Å²) in [6.45, 7) is 10.4. The van der Waals surface area contributed by atoms with Gasteiger partial charge in [0.05, 0.1) is 0 Å². The molecule has 0 aromatic rings. The topological polar surface area (TPSA) is 3.24 Å². The average molecular weight is 196 g/mol. The molecule has 0 amide bonds. The highest BCUT2D eigenvalue weighted by Crippen LogP contribution is 1.92. The second-order valence-corrected chi connectivity index (χ2v) is 2.38. The van der Waals surface area contributed by atoms with Crippen LogP contribution in [0.2, 0.25) is 0 Å². The van der Waals surface area contributed by atoms with Gasteiger partial charge in [-0.05, 0) is 26.1 Å². The van der Waals surface area contributed by atoms with Crippen molar-refractivity contribution in [3.05, 3.63) is 0 Å². The Kier molecular flexibility index (Phi) is 16.7. The maximum absolute atomic E-state index is 4.78. The Morgan fingerprint density at radius 1 is 1.09 bits per heavy atom. The molecule has 0 N–H and O–H groups in total. The van der Waals surface area contributed by atoms with Crippen molar-refractivity contribution in [2.45, 2.75) is 33.6 Å². The van der Waals surface area contributed by atoms with Crippen molar-refractivity contribution in [2.75, 3.05) is 19.6 Å². The van der Waals surface area contributed by atoms with E-state index >= 15 is 0 Å². The van der Waals surface area contributed by atoms with Gasteiger partial charge in [0.25, 0.3) is 0 Å². The molecule has 0 fully saturated rings. The lowest BCUT2D eigenvalue weighted by molar-refractivity contribution is 0.299. The van der Waals surface area contributed by atoms with Crippen molar-refractivity contribution >= 4 is 20.6 Å². The van der Waals surface area contributed by atoms with E-state index in [-0.39, 0.29) is 0 Å². The standard InChI is InChI=1S/C8H19N.ClH3Si/c1-4-7-8-9(5-2)6-3;1-2/h4-8H2,1-3H3;2H3. The zero-order valence-electron chi connectivity index (χ0n) is 8.36. The summed E-state index contributed by atoms with van der Waals surface area (Å²) < 4.78 is 0. The molecule has 0 spiro atoms. The van der Waals surface area contributed by atoms with E-state index < -0.39 is 0 Å². The zero-order valence-corrected chi connectivity index (χ0v) is 11.1. The van der Waals surface area contributed by atoms with Crippen LogP contribution in [0.3, 0.4) is 0 Å². The maximum Gasteiger partial charge on any atom is 0.109 e. The van der Waals surface area contributed by atoms with Crippen molar-refractivity contribution < 1.29 is 0 Å². The fraction of sp³-hybridized carbons (Fsp3) is 1.00. The first-order valence-corrected chi connectivity index (χ1v) is 7.47. The summed E-state index contributed by atoms with van der Waals surface area (Å²) in [4.78, 5) is 2.46. The molecule has 70 valence electrons. The molecule has 0 bridgehead atoms. The van der Waals surface area contributed by atoms with E-state index in [2.05, 4.69) is 25.7 Å². The molecule has 0 unspecified atom stereocenters. The maximum atomic E-state index is 4.78. The van der Waals surface area contributed by atoms with Crippen LogP contribution in [-0.4, -0.2) is 34.1 Å². The van der Waals surface area contributed by atoms with Gasteiger partial charge in [-0.1, -0.05) is 27.2 Å². The third-order valence-electron chi connectivity index (χ3n) is 1.72. The van der Waals surface area contributed by atoms with Crippen LogP contribution < -0.4 is 0 Å². The summed E-state index contributed by atoms with van der Waals surface area (Å²) >= 11 is 4.78. The monoisotopic (exact) mass is 195 g/mol. The normalized spacial score (nSPS) is 9.55. The molecule has 3 heteroatoms. The van der Waals surface area contributed by atoms with Crippen molar-refractivity contribution in [3.63, 3.8) is 0 Å². The van der Waals surface area contributed by atoms with Gasteiger partial charge < -0.3 is 4.90 Å². The van der Waals surface area contributed by atoms with Gasteiger partial charge in [-0.2, -0.15) is 11.1 Å². The van der Waals surface area contributed by atoms with Gasteiger partial charge in [0.15, 0.2) is 0 Å². The second kappa shape index (κ2) is 13.1. The van der Waals surface area contributed by atoms with Gasteiger partial charge in [0.2, 0.25) is 0 Å². The van der Waals surface area contributed by atoms with Crippen molar-refractivity contribution in [1.82, 2.24) is 4.90 Å². The zero-order chi connectivity index (χ0) is 9.11. The van der Waals surface area contributed by atoms with Crippen LogP contribution in [0, 0.1) is 0 Å². The van der Waals surface area contributed by atoms with E-state index in [0.717, 1.165) is 9.55 Å². The van der Waals surface area contributed by atoms with E-state index in [9.17, 15) is 0 Å². The van der Waals surface area contributed by atoms with Gasteiger partial charge in [-0.3, -0.25) is 0 Å². The van der Waals surface area contributed by atoms with Gasteiger partial charge >= 0.3 is 0 Å². The first kappa shape index (κ1) is 14.0. The third kappa shape index (κ3) is 10.5. The molecule has 0 heterocycles. The number of rotatable bonds is 5. The molecule has 0 aromatic heterocycles. The van der Waals surface area contributed by atoms with E-state index in [1.807, 2.05) is 0 Å². The Balaban J connectivity index is 0. The Hall–Kier alpha value is 0.467. The number of hydrogen-bond donors (Lipinski definition) is 0. The molecule has 0 saturated carbocycles. The first-order valence-electron chi connectivity index (χ1n) is 4.45. The molecule has 0 saturated heterocycles. The van der Waals surface area contributed by atoms with Gasteiger partial charge in [0.1, 0.15) is 9.55 Å². The van der Waals surface area contributed by atoms with Crippen LogP contribution in [0.15, 0.2) is 0 Å². The molecule has 0 rings (SSSR count). The molecule has 0 aliphatic rings. The predicted octanol–water partition coefficient (Wildman–Crippen LogP) is 1.63. The lowest BCUT2D eigenvalue weighted by Gasteiger charge is -2.16. The summed E-state index contributed by atoms with van der Waals surface area (Å²) in [5.74, 6) is 0. The Morgan fingerprint density at radius 2 is 1.55 bits per heavy atom. The average Bonchev–Trinajstić information content (AvgIpc) is 2.10. The van der Waals surface area contributed by atoms with E-state index in [1.54, 1.807) is 0 Å². The minimum absolute atomic E-state index is 0.778. The fourth-order valence-corrected chi connectivity index (χ4v) is 0.922. The van der Waals surface area contributed by atoms with E-state index in [4.69, 9.17) is 11.1 Å². The first-order chi connectivity index (χ1) is 5.35. The molecule has 0 radical (unpaired) electrons. The summed E-state index contributed by atoms with van der Waals surface area (Å²) in [6, 6.07) is 0. The van der Waals surface area contributed by atoms with E-state index in [0.29, 0.717) is 0 Å². The van der Waals surface area contributed by atoms with Crippen LogP contribution in [0.25, 0.3) is 0 Å². The Bertz CT molecular complexity index is 58.1. The SMILES string of the molecule is CCCCN(CC)CC.[SiH3]Cl. The van der Waals surface area contributed by atoms with Crippen LogP contribution in [0.1, 0.15) is 33.6 Å². The lowest BCUT2D eigenvalue weighted by Crippen LogP contribution is -2.23. The summed E-state index contributed by atoms with van der Waals surface area (Å²) in [6.07, 6.45) is 2.66. The molecule has 0 atom stereocenters. The number of nitrogens with zero attached hydrogens (tertiary/aromatic N) is 1. The minimum Gasteiger partial charge on any atom is -0.304 e. The molecular weight excluding hydrogens is 174 g/mol. The summed E-state index contributed by atoms with van der Waals surface area (Å²) in [5, 5.41) is 0. The highest BCUT2D eigenvalue weighted by Gasteiger charge is 1.94. The number of hydrogen-bond acceptors (Lipinski definition) is 1. The van der Waals surface area contributed by atoms with Crippen molar-refractivity contribution in [2.24, 2.45) is 0 Å². The number of unbranched alkanes of at least 4 members (excludes halogenated alkanes) is 1. The fourth-order valence-electron chi connectivity index (χ4n) is 0.922. The van der Waals surface area contributed by atoms with Crippen LogP contribution >= 0.6 is 11.1 Å². The van der Waals surface area contributed by atoms with Crippen molar-refractivity contribution in [3.8, 4) is 0 Å². The lowest BCUT2D eigenvalue weighted by atomic mass is 10.3. The highest BCUT2D eigenvalue weighted by atomic mass is 35.6. The molecule has 1 nitrogen and oxygen atoms in total. The highest BCUT2D eigenvalue weighted by molar-refractivity contribution is 6.80. The van der Waals surface area contributed by atoms with Gasteiger partial charge in [-0.25, -0.2) is 0 Å². The quantitative estimate of drug-likeness (QED) is 0.477.